The second-order valence-electron chi connectivity index (χ2n) is 7.42. The highest BCUT2D eigenvalue weighted by Gasteiger charge is 2.35. The van der Waals surface area contributed by atoms with Gasteiger partial charge in [0.1, 0.15) is 6.04 Å². The van der Waals surface area contributed by atoms with Crippen molar-refractivity contribution in [1.82, 2.24) is 4.90 Å². The average molecular weight is 309 g/mol. The van der Waals surface area contributed by atoms with Crippen molar-refractivity contribution >= 4 is 5.97 Å². The number of hydrogen-bond donors (Lipinski definition) is 0. The molecule has 4 nitrogen and oxygen atoms in total. The van der Waals surface area contributed by atoms with E-state index < -0.39 is 0 Å². The number of ether oxygens (including phenoxy) is 2. The summed E-state index contributed by atoms with van der Waals surface area (Å²) in [6, 6.07) is -0.204. The maximum absolute atomic E-state index is 12.5. The van der Waals surface area contributed by atoms with Crippen LogP contribution in [0.15, 0.2) is 11.6 Å². The fourth-order valence-corrected chi connectivity index (χ4v) is 3.48. The number of morpholine rings is 1. The van der Waals surface area contributed by atoms with E-state index in [0.29, 0.717) is 31.2 Å². The average Bonchev–Trinajstić information content (AvgIpc) is 2.48. The number of esters is 1. The van der Waals surface area contributed by atoms with Gasteiger partial charge >= 0.3 is 5.97 Å². The van der Waals surface area contributed by atoms with Gasteiger partial charge in [0.2, 0.25) is 0 Å². The number of hydrogen-bond acceptors (Lipinski definition) is 4. The summed E-state index contributed by atoms with van der Waals surface area (Å²) in [5.74, 6) is 0.605. The quantitative estimate of drug-likeness (QED) is 0.591. The molecule has 0 aromatic rings. The molecule has 2 atom stereocenters. The van der Waals surface area contributed by atoms with Crippen molar-refractivity contribution in [3.63, 3.8) is 0 Å². The van der Waals surface area contributed by atoms with Gasteiger partial charge in [-0.3, -0.25) is 4.90 Å². The first-order valence-electron chi connectivity index (χ1n) is 8.61. The van der Waals surface area contributed by atoms with Crippen molar-refractivity contribution in [2.45, 2.75) is 53.0 Å². The Labute approximate surface area is 134 Å². The summed E-state index contributed by atoms with van der Waals surface area (Å²) in [5, 5.41) is 0. The molecule has 1 heterocycles. The van der Waals surface area contributed by atoms with E-state index in [-0.39, 0.29) is 12.0 Å². The summed E-state index contributed by atoms with van der Waals surface area (Å²) in [5.41, 5.74) is 1.58. The van der Waals surface area contributed by atoms with Crippen molar-refractivity contribution in [2.75, 3.05) is 32.9 Å². The van der Waals surface area contributed by atoms with E-state index in [1.54, 1.807) is 0 Å². The topological polar surface area (TPSA) is 38.8 Å². The van der Waals surface area contributed by atoms with Crippen LogP contribution in [0.5, 0.6) is 0 Å². The number of carbonyl (C=O) groups excluding carboxylic acids is 1. The first-order valence-corrected chi connectivity index (χ1v) is 8.61. The molecule has 1 saturated heterocycles. The van der Waals surface area contributed by atoms with Gasteiger partial charge in [0.15, 0.2) is 0 Å². The third-order valence-electron chi connectivity index (χ3n) is 4.94. The molecule has 1 aliphatic carbocycles. The molecule has 0 aromatic carbocycles. The number of carbonyl (C=O) groups is 1. The van der Waals surface area contributed by atoms with E-state index >= 15 is 0 Å². The Hall–Kier alpha value is -0.870. The molecule has 0 saturated carbocycles. The van der Waals surface area contributed by atoms with Crippen LogP contribution in [-0.2, 0) is 14.3 Å². The zero-order valence-electron chi connectivity index (χ0n) is 14.6. The lowest BCUT2D eigenvalue weighted by molar-refractivity contribution is -0.149. The molecular weight excluding hydrogens is 278 g/mol. The lowest BCUT2D eigenvalue weighted by atomic mass is 9.72. The van der Waals surface area contributed by atoms with Gasteiger partial charge in [-0.25, -0.2) is 4.79 Å². The molecule has 22 heavy (non-hydrogen) atoms. The minimum Gasteiger partial charge on any atom is -0.465 e. The van der Waals surface area contributed by atoms with Crippen LogP contribution in [0.1, 0.15) is 47.0 Å². The van der Waals surface area contributed by atoms with Crippen molar-refractivity contribution in [1.29, 1.82) is 0 Å². The minimum absolute atomic E-state index is 0.0927. The highest BCUT2D eigenvalue weighted by molar-refractivity contribution is 5.79. The monoisotopic (exact) mass is 309 g/mol. The minimum atomic E-state index is -0.204. The second-order valence-corrected chi connectivity index (χ2v) is 7.42. The second kappa shape index (κ2) is 7.60. The van der Waals surface area contributed by atoms with E-state index in [1.165, 1.54) is 5.57 Å². The standard InChI is InChI=1S/C18H31NO3/c1-5-22-17(20)16(19-10-12-21-13-11-19)14-6-8-15(9-7-14)18(2,3)4/h6,15-16H,5,7-13H2,1-4H3. The van der Waals surface area contributed by atoms with Crippen LogP contribution in [0.25, 0.3) is 0 Å². The van der Waals surface area contributed by atoms with E-state index in [4.69, 9.17) is 9.47 Å². The Kier molecular flexibility index (Phi) is 6.04. The van der Waals surface area contributed by atoms with Crippen LogP contribution in [-0.4, -0.2) is 49.8 Å². The summed E-state index contributed by atoms with van der Waals surface area (Å²) in [6.45, 7) is 12.3. The molecule has 126 valence electrons. The Bertz CT molecular complexity index is 405. The largest absolute Gasteiger partial charge is 0.465 e. The van der Waals surface area contributed by atoms with Gasteiger partial charge in [0.25, 0.3) is 0 Å². The SMILES string of the molecule is CCOC(=O)C(C1=CCC(C(C)(C)C)CC1)N1CCOCC1. The van der Waals surface area contributed by atoms with Gasteiger partial charge in [0, 0.05) is 13.1 Å². The van der Waals surface area contributed by atoms with Crippen LogP contribution in [0.3, 0.4) is 0 Å². The molecule has 2 unspecified atom stereocenters. The van der Waals surface area contributed by atoms with Gasteiger partial charge in [-0.15, -0.1) is 0 Å². The van der Waals surface area contributed by atoms with E-state index in [2.05, 4.69) is 31.7 Å². The summed E-state index contributed by atoms with van der Waals surface area (Å²) in [4.78, 5) is 14.7. The molecule has 0 amide bonds. The van der Waals surface area contributed by atoms with Crippen molar-refractivity contribution in [2.24, 2.45) is 11.3 Å². The normalized spacial score (nSPS) is 25.5. The summed E-state index contributed by atoms with van der Waals surface area (Å²) in [6.07, 6.45) is 5.54. The maximum atomic E-state index is 12.5. The highest BCUT2D eigenvalue weighted by Crippen LogP contribution is 2.38. The molecule has 0 N–H and O–H groups in total. The molecular formula is C18H31NO3. The fourth-order valence-electron chi connectivity index (χ4n) is 3.48. The van der Waals surface area contributed by atoms with Crippen molar-refractivity contribution in [3.8, 4) is 0 Å². The van der Waals surface area contributed by atoms with E-state index in [0.717, 1.165) is 32.4 Å². The van der Waals surface area contributed by atoms with Crippen LogP contribution >= 0.6 is 0 Å². The lowest BCUT2D eigenvalue weighted by Gasteiger charge is -2.38. The number of rotatable bonds is 4. The Balaban J connectivity index is 2.11. The smallest absolute Gasteiger partial charge is 0.327 e. The third-order valence-corrected chi connectivity index (χ3v) is 4.94. The van der Waals surface area contributed by atoms with Gasteiger partial charge in [-0.05, 0) is 43.1 Å². The molecule has 0 aromatic heterocycles. The van der Waals surface area contributed by atoms with Gasteiger partial charge in [0.05, 0.1) is 19.8 Å². The Morgan fingerprint density at radius 2 is 2.09 bits per heavy atom. The first kappa shape index (κ1) is 17.5. The van der Waals surface area contributed by atoms with Crippen LogP contribution in [0.4, 0.5) is 0 Å². The van der Waals surface area contributed by atoms with E-state index in [1.807, 2.05) is 6.92 Å². The molecule has 0 radical (unpaired) electrons. The number of allylic oxidation sites excluding steroid dienone is 1. The highest BCUT2D eigenvalue weighted by atomic mass is 16.5. The Morgan fingerprint density at radius 3 is 2.59 bits per heavy atom. The molecule has 4 heteroatoms. The fraction of sp³-hybridized carbons (Fsp3) is 0.833. The summed E-state index contributed by atoms with van der Waals surface area (Å²) < 4.78 is 10.8. The first-order chi connectivity index (χ1) is 10.4. The van der Waals surface area contributed by atoms with Gasteiger partial charge in [-0.1, -0.05) is 26.8 Å². The summed E-state index contributed by atoms with van der Waals surface area (Å²) in [7, 11) is 0. The van der Waals surface area contributed by atoms with Gasteiger partial charge < -0.3 is 9.47 Å². The Morgan fingerprint density at radius 1 is 1.41 bits per heavy atom. The zero-order chi connectivity index (χ0) is 16.2. The molecule has 1 fully saturated rings. The molecule has 2 aliphatic rings. The van der Waals surface area contributed by atoms with Crippen LogP contribution in [0.2, 0.25) is 0 Å². The number of nitrogens with zero attached hydrogens (tertiary/aromatic N) is 1. The maximum Gasteiger partial charge on any atom is 0.327 e. The van der Waals surface area contributed by atoms with Gasteiger partial charge in [-0.2, -0.15) is 0 Å². The van der Waals surface area contributed by atoms with E-state index in [9.17, 15) is 4.79 Å². The summed E-state index contributed by atoms with van der Waals surface area (Å²) >= 11 is 0. The lowest BCUT2D eigenvalue weighted by Crippen LogP contribution is -2.49. The predicted octanol–water partition coefficient (Wildman–Crippen LogP) is 3.02. The van der Waals surface area contributed by atoms with Crippen LogP contribution < -0.4 is 0 Å². The van der Waals surface area contributed by atoms with Crippen LogP contribution in [0, 0.1) is 11.3 Å². The molecule has 0 spiro atoms. The zero-order valence-corrected chi connectivity index (χ0v) is 14.6. The molecule has 0 bridgehead atoms. The van der Waals surface area contributed by atoms with Crippen molar-refractivity contribution < 1.29 is 14.3 Å². The third kappa shape index (κ3) is 4.32. The molecule has 1 aliphatic heterocycles. The van der Waals surface area contributed by atoms with Crippen molar-refractivity contribution in [3.05, 3.63) is 11.6 Å². The predicted molar refractivity (Wildman–Crippen MR) is 87.7 cm³/mol. The molecule has 2 rings (SSSR count).